The van der Waals surface area contributed by atoms with Crippen molar-refractivity contribution >= 4 is 32.8 Å². The lowest BCUT2D eigenvalue weighted by atomic mass is 10.0. The van der Waals surface area contributed by atoms with Gasteiger partial charge in [0.15, 0.2) is 0 Å². The molecule has 0 aliphatic carbocycles. The third kappa shape index (κ3) is 3.75. The van der Waals surface area contributed by atoms with E-state index in [1.54, 1.807) is 18.2 Å². The molecule has 1 aliphatic rings. The van der Waals surface area contributed by atoms with Gasteiger partial charge in [-0.25, -0.2) is 13.1 Å². The summed E-state index contributed by atoms with van der Waals surface area (Å²) in [5, 5.41) is 0. The first kappa shape index (κ1) is 17.7. The Morgan fingerprint density at radius 3 is 2.75 bits per heavy atom. The summed E-state index contributed by atoms with van der Waals surface area (Å²) >= 11 is 1.02. The SMILES string of the molecule is CC(C)C(CNS(=O)(=O)c1cccc2nsnc12)N1CCOCC1. The van der Waals surface area contributed by atoms with E-state index in [0.29, 0.717) is 36.7 Å². The molecule has 3 rings (SSSR count). The van der Waals surface area contributed by atoms with Crippen molar-refractivity contribution in [2.24, 2.45) is 5.92 Å². The molecule has 2 aromatic rings. The van der Waals surface area contributed by atoms with Crippen molar-refractivity contribution in [1.29, 1.82) is 0 Å². The molecule has 1 aliphatic heterocycles. The molecule has 132 valence electrons. The van der Waals surface area contributed by atoms with Crippen molar-refractivity contribution in [3.05, 3.63) is 18.2 Å². The Balaban J connectivity index is 1.77. The summed E-state index contributed by atoms with van der Waals surface area (Å²) in [6.07, 6.45) is 0. The van der Waals surface area contributed by atoms with Crippen LogP contribution in [-0.2, 0) is 14.8 Å². The van der Waals surface area contributed by atoms with Gasteiger partial charge in [-0.1, -0.05) is 19.9 Å². The van der Waals surface area contributed by atoms with E-state index in [0.717, 1.165) is 24.8 Å². The predicted molar refractivity (Wildman–Crippen MR) is 93.6 cm³/mol. The molecule has 1 saturated heterocycles. The van der Waals surface area contributed by atoms with Crippen LogP contribution in [0.2, 0.25) is 0 Å². The van der Waals surface area contributed by atoms with Gasteiger partial charge in [-0.3, -0.25) is 4.90 Å². The fourth-order valence-corrected chi connectivity index (χ4v) is 4.78. The molecule has 2 heterocycles. The number of fused-ring (bicyclic) bond motifs is 1. The summed E-state index contributed by atoms with van der Waals surface area (Å²) in [5.41, 5.74) is 1.04. The van der Waals surface area contributed by atoms with Crippen LogP contribution in [0.25, 0.3) is 11.0 Å². The zero-order chi connectivity index (χ0) is 17.2. The zero-order valence-corrected chi connectivity index (χ0v) is 15.4. The van der Waals surface area contributed by atoms with Crippen LogP contribution < -0.4 is 4.72 Å². The summed E-state index contributed by atoms with van der Waals surface area (Å²) in [7, 11) is -3.63. The molecule has 1 N–H and O–H groups in total. The second-order valence-corrected chi connectivity index (χ2v) is 8.46. The average Bonchev–Trinajstić information content (AvgIpc) is 3.04. The second kappa shape index (κ2) is 7.40. The molecule has 0 bridgehead atoms. The maximum Gasteiger partial charge on any atom is 0.242 e. The molecule has 0 radical (unpaired) electrons. The summed E-state index contributed by atoms with van der Waals surface area (Å²) in [5.74, 6) is 0.336. The van der Waals surface area contributed by atoms with Crippen LogP contribution in [-0.4, -0.2) is 61.0 Å². The highest BCUT2D eigenvalue weighted by molar-refractivity contribution is 7.89. The van der Waals surface area contributed by atoms with Crippen molar-refractivity contribution in [3.8, 4) is 0 Å². The van der Waals surface area contributed by atoms with Crippen molar-refractivity contribution < 1.29 is 13.2 Å². The van der Waals surface area contributed by atoms with E-state index in [1.807, 2.05) is 0 Å². The molecule has 0 amide bonds. The maximum atomic E-state index is 12.7. The Labute approximate surface area is 146 Å². The van der Waals surface area contributed by atoms with Gasteiger partial charge in [-0.15, -0.1) is 0 Å². The topological polar surface area (TPSA) is 84.4 Å². The molecule has 1 aromatic carbocycles. The van der Waals surface area contributed by atoms with Gasteiger partial charge >= 0.3 is 0 Å². The van der Waals surface area contributed by atoms with E-state index in [2.05, 4.69) is 32.2 Å². The smallest absolute Gasteiger partial charge is 0.242 e. The van der Waals surface area contributed by atoms with Gasteiger partial charge in [0.2, 0.25) is 10.0 Å². The van der Waals surface area contributed by atoms with E-state index in [9.17, 15) is 8.42 Å². The van der Waals surface area contributed by atoms with E-state index in [4.69, 9.17) is 4.74 Å². The normalized spacial score (nSPS) is 18.3. The Morgan fingerprint density at radius 1 is 1.29 bits per heavy atom. The number of aromatic nitrogens is 2. The molecule has 1 atom stereocenters. The number of morpholine rings is 1. The van der Waals surface area contributed by atoms with Crippen LogP contribution in [0.4, 0.5) is 0 Å². The zero-order valence-electron chi connectivity index (χ0n) is 13.8. The number of rotatable bonds is 6. The van der Waals surface area contributed by atoms with E-state index < -0.39 is 10.0 Å². The minimum atomic E-state index is -3.63. The minimum absolute atomic E-state index is 0.136. The standard InChI is InChI=1S/C15H22N4O3S2/c1-11(2)13(19-6-8-22-9-7-19)10-16-24(20,21)14-5-3-4-12-15(14)18-23-17-12/h3-5,11,13,16H,6-10H2,1-2H3. The van der Waals surface area contributed by atoms with Gasteiger partial charge < -0.3 is 4.74 Å². The monoisotopic (exact) mass is 370 g/mol. The molecular formula is C15H22N4O3S2. The number of nitrogens with zero attached hydrogens (tertiary/aromatic N) is 3. The molecular weight excluding hydrogens is 348 g/mol. The lowest BCUT2D eigenvalue weighted by Crippen LogP contribution is -2.51. The number of nitrogens with one attached hydrogen (secondary N) is 1. The highest BCUT2D eigenvalue weighted by Crippen LogP contribution is 2.21. The maximum absolute atomic E-state index is 12.7. The number of ether oxygens (including phenoxy) is 1. The van der Waals surface area contributed by atoms with Crippen LogP contribution in [0.3, 0.4) is 0 Å². The Morgan fingerprint density at radius 2 is 2.04 bits per heavy atom. The molecule has 7 nitrogen and oxygen atoms in total. The average molecular weight is 371 g/mol. The second-order valence-electron chi connectivity index (χ2n) is 6.20. The van der Waals surface area contributed by atoms with Gasteiger partial charge in [0.25, 0.3) is 0 Å². The van der Waals surface area contributed by atoms with Gasteiger partial charge in [0, 0.05) is 25.7 Å². The van der Waals surface area contributed by atoms with Gasteiger partial charge in [-0.2, -0.15) is 8.75 Å². The fraction of sp³-hybridized carbons (Fsp3) is 0.600. The van der Waals surface area contributed by atoms with Gasteiger partial charge in [0.05, 0.1) is 24.9 Å². The molecule has 24 heavy (non-hydrogen) atoms. The van der Waals surface area contributed by atoms with Crippen LogP contribution in [0, 0.1) is 5.92 Å². The van der Waals surface area contributed by atoms with Crippen molar-refractivity contribution in [1.82, 2.24) is 18.4 Å². The number of hydrogen-bond donors (Lipinski definition) is 1. The first-order chi connectivity index (χ1) is 11.5. The third-order valence-corrected chi connectivity index (χ3v) is 6.30. The third-order valence-electron chi connectivity index (χ3n) is 4.31. The van der Waals surface area contributed by atoms with E-state index in [1.165, 1.54) is 0 Å². The van der Waals surface area contributed by atoms with Crippen molar-refractivity contribution in [2.75, 3.05) is 32.8 Å². The number of hydrogen-bond acceptors (Lipinski definition) is 7. The molecule has 0 spiro atoms. The predicted octanol–water partition coefficient (Wildman–Crippen LogP) is 1.33. The Hall–Kier alpha value is -1.13. The summed E-state index contributed by atoms with van der Waals surface area (Å²) in [6, 6.07) is 5.17. The van der Waals surface area contributed by atoms with Crippen LogP contribution >= 0.6 is 11.7 Å². The van der Waals surface area contributed by atoms with Crippen LogP contribution in [0.15, 0.2) is 23.1 Å². The van der Waals surface area contributed by atoms with Crippen molar-refractivity contribution in [2.45, 2.75) is 24.8 Å². The Kier molecular flexibility index (Phi) is 5.46. The van der Waals surface area contributed by atoms with Crippen molar-refractivity contribution in [3.63, 3.8) is 0 Å². The Bertz CT molecular complexity index is 785. The summed E-state index contributed by atoms with van der Waals surface area (Å²) in [6.45, 7) is 7.64. The summed E-state index contributed by atoms with van der Waals surface area (Å²) < 4.78 is 41.9. The van der Waals surface area contributed by atoms with E-state index in [-0.39, 0.29) is 10.9 Å². The minimum Gasteiger partial charge on any atom is -0.379 e. The van der Waals surface area contributed by atoms with E-state index >= 15 is 0 Å². The molecule has 9 heteroatoms. The van der Waals surface area contributed by atoms with Crippen LogP contribution in [0.1, 0.15) is 13.8 Å². The number of sulfonamides is 1. The molecule has 1 fully saturated rings. The number of benzene rings is 1. The lowest BCUT2D eigenvalue weighted by molar-refractivity contribution is 0.00776. The first-order valence-corrected chi connectivity index (χ1v) is 10.2. The molecule has 0 saturated carbocycles. The fourth-order valence-electron chi connectivity index (χ4n) is 2.97. The summed E-state index contributed by atoms with van der Waals surface area (Å²) in [4.78, 5) is 2.49. The van der Waals surface area contributed by atoms with Crippen LogP contribution in [0.5, 0.6) is 0 Å². The lowest BCUT2D eigenvalue weighted by Gasteiger charge is -2.36. The largest absolute Gasteiger partial charge is 0.379 e. The highest BCUT2D eigenvalue weighted by atomic mass is 32.2. The molecule has 1 aromatic heterocycles. The first-order valence-electron chi connectivity index (χ1n) is 8.02. The molecule has 1 unspecified atom stereocenters. The van der Waals surface area contributed by atoms with Gasteiger partial charge in [-0.05, 0) is 18.1 Å². The highest BCUT2D eigenvalue weighted by Gasteiger charge is 2.27. The van der Waals surface area contributed by atoms with Gasteiger partial charge in [0.1, 0.15) is 15.9 Å². The quantitative estimate of drug-likeness (QED) is 0.826.